The van der Waals surface area contributed by atoms with E-state index >= 15 is 0 Å². The summed E-state index contributed by atoms with van der Waals surface area (Å²) in [4.78, 5) is 18.7. The predicted octanol–water partition coefficient (Wildman–Crippen LogP) is 3.18. The van der Waals surface area contributed by atoms with Crippen LogP contribution in [-0.2, 0) is 12.8 Å². The van der Waals surface area contributed by atoms with Crippen molar-refractivity contribution in [3.63, 3.8) is 0 Å². The van der Waals surface area contributed by atoms with Gasteiger partial charge in [0, 0.05) is 29.4 Å². The normalized spacial score (nSPS) is 23.0. The summed E-state index contributed by atoms with van der Waals surface area (Å²) in [5.74, 6) is 0.286. The van der Waals surface area contributed by atoms with E-state index in [9.17, 15) is 4.79 Å². The van der Waals surface area contributed by atoms with Crippen LogP contribution in [0.4, 0.5) is 0 Å². The third kappa shape index (κ3) is 3.16. The lowest BCUT2D eigenvalue weighted by molar-refractivity contribution is 0.0758. The molecule has 1 atom stereocenters. The SMILES string of the molecule is CN(C)[C@@H]1CCCN(C(=O)c2csc3c2CCCC3)CC1. The minimum atomic E-state index is 0.286. The maximum atomic E-state index is 12.9. The van der Waals surface area contributed by atoms with Gasteiger partial charge in [-0.2, -0.15) is 0 Å². The van der Waals surface area contributed by atoms with Gasteiger partial charge in [-0.15, -0.1) is 11.3 Å². The van der Waals surface area contributed by atoms with Gasteiger partial charge in [-0.1, -0.05) is 0 Å². The second-order valence-electron chi connectivity index (χ2n) is 6.60. The van der Waals surface area contributed by atoms with Crippen molar-refractivity contribution in [1.29, 1.82) is 0 Å². The van der Waals surface area contributed by atoms with Gasteiger partial charge in [0.15, 0.2) is 0 Å². The molecule has 3 nitrogen and oxygen atoms in total. The van der Waals surface area contributed by atoms with Crippen molar-refractivity contribution in [3.05, 3.63) is 21.4 Å². The molecule has 116 valence electrons. The Balaban J connectivity index is 1.72. The van der Waals surface area contributed by atoms with E-state index in [0.717, 1.165) is 37.9 Å². The summed E-state index contributed by atoms with van der Waals surface area (Å²) >= 11 is 1.80. The minimum Gasteiger partial charge on any atom is -0.339 e. The van der Waals surface area contributed by atoms with Gasteiger partial charge in [0.1, 0.15) is 0 Å². The van der Waals surface area contributed by atoms with Crippen LogP contribution >= 0.6 is 11.3 Å². The van der Waals surface area contributed by atoms with Crippen LogP contribution in [0.2, 0.25) is 0 Å². The van der Waals surface area contributed by atoms with Crippen molar-refractivity contribution >= 4 is 17.2 Å². The van der Waals surface area contributed by atoms with Gasteiger partial charge in [-0.05, 0) is 64.6 Å². The smallest absolute Gasteiger partial charge is 0.254 e. The summed E-state index contributed by atoms with van der Waals surface area (Å²) in [7, 11) is 4.30. The molecule has 0 N–H and O–H groups in total. The van der Waals surface area contributed by atoms with Crippen molar-refractivity contribution in [1.82, 2.24) is 9.80 Å². The minimum absolute atomic E-state index is 0.286. The molecule has 1 aromatic rings. The summed E-state index contributed by atoms with van der Waals surface area (Å²) in [6.07, 6.45) is 8.25. The molecule has 2 aliphatic rings. The Morgan fingerprint density at radius 2 is 2.00 bits per heavy atom. The lowest BCUT2D eigenvalue weighted by Gasteiger charge is -2.24. The number of thiophene rings is 1. The Kier molecular flexibility index (Phi) is 4.65. The molecule has 0 radical (unpaired) electrons. The van der Waals surface area contributed by atoms with Crippen LogP contribution in [0.5, 0.6) is 0 Å². The maximum Gasteiger partial charge on any atom is 0.254 e. The highest BCUT2D eigenvalue weighted by molar-refractivity contribution is 7.10. The highest BCUT2D eigenvalue weighted by atomic mass is 32.1. The van der Waals surface area contributed by atoms with Crippen molar-refractivity contribution < 1.29 is 4.79 Å². The monoisotopic (exact) mass is 306 g/mol. The molecule has 0 saturated carbocycles. The van der Waals surface area contributed by atoms with E-state index in [2.05, 4.69) is 29.3 Å². The molecule has 0 unspecified atom stereocenters. The fraction of sp³-hybridized carbons (Fsp3) is 0.706. The lowest BCUT2D eigenvalue weighted by Crippen LogP contribution is -2.34. The molecular formula is C17H26N2OS. The van der Waals surface area contributed by atoms with Crippen LogP contribution in [0.25, 0.3) is 0 Å². The summed E-state index contributed by atoms with van der Waals surface area (Å²) in [5, 5.41) is 2.12. The highest BCUT2D eigenvalue weighted by Crippen LogP contribution is 2.31. The zero-order chi connectivity index (χ0) is 14.8. The van der Waals surface area contributed by atoms with E-state index in [1.165, 1.54) is 36.1 Å². The van der Waals surface area contributed by atoms with Crippen molar-refractivity contribution in [2.75, 3.05) is 27.2 Å². The largest absolute Gasteiger partial charge is 0.339 e. The van der Waals surface area contributed by atoms with E-state index in [4.69, 9.17) is 0 Å². The Labute approximate surface area is 131 Å². The first-order valence-corrected chi connectivity index (χ1v) is 9.09. The van der Waals surface area contributed by atoms with Gasteiger partial charge in [0.25, 0.3) is 5.91 Å². The van der Waals surface area contributed by atoms with Crippen LogP contribution in [0, 0.1) is 0 Å². The number of fused-ring (bicyclic) bond motifs is 1. The molecule has 1 aliphatic carbocycles. The second-order valence-corrected chi connectivity index (χ2v) is 7.56. The molecular weight excluding hydrogens is 280 g/mol. The first-order valence-electron chi connectivity index (χ1n) is 8.21. The van der Waals surface area contributed by atoms with Crippen molar-refractivity contribution in [2.45, 2.75) is 51.0 Å². The van der Waals surface area contributed by atoms with Gasteiger partial charge in [0.05, 0.1) is 5.56 Å². The number of likely N-dealkylation sites (tertiary alicyclic amines) is 1. The molecule has 1 amide bonds. The molecule has 1 saturated heterocycles. The topological polar surface area (TPSA) is 23.6 Å². The number of hydrogen-bond donors (Lipinski definition) is 0. The Hall–Kier alpha value is -0.870. The van der Waals surface area contributed by atoms with Crippen LogP contribution in [0.1, 0.15) is 52.9 Å². The van der Waals surface area contributed by atoms with Crippen molar-refractivity contribution in [2.24, 2.45) is 0 Å². The molecule has 0 spiro atoms. The summed E-state index contributed by atoms with van der Waals surface area (Å²) < 4.78 is 0. The van der Waals surface area contributed by atoms with Crippen LogP contribution in [0.3, 0.4) is 0 Å². The van der Waals surface area contributed by atoms with Crippen LogP contribution in [0.15, 0.2) is 5.38 Å². The predicted molar refractivity (Wildman–Crippen MR) is 88.2 cm³/mol. The second kappa shape index (κ2) is 6.49. The van der Waals surface area contributed by atoms with E-state index in [1.807, 2.05) is 0 Å². The quantitative estimate of drug-likeness (QED) is 0.838. The lowest BCUT2D eigenvalue weighted by atomic mass is 9.95. The Morgan fingerprint density at radius 1 is 1.19 bits per heavy atom. The summed E-state index contributed by atoms with van der Waals surface area (Å²) in [5.41, 5.74) is 2.38. The number of nitrogens with zero attached hydrogens (tertiary/aromatic N) is 2. The molecule has 0 bridgehead atoms. The third-order valence-corrected chi connectivity index (χ3v) is 6.10. The van der Waals surface area contributed by atoms with Crippen LogP contribution in [-0.4, -0.2) is 48.9 Å². The molecule has 0 aromatic carbocycles. The van der Waals surface area contributed by atoms with Gasteiger partial charge in [-0.3, -0.25) is 4.79 Å². The van der Waals surface area contributed by atoms with Gasteiger partial charge in [0.2, 0.25) is 0 Å². The highest BCUT2D eigenvalue weighted by Gasteiger charge is 2.26. The number of amides is 1. The first-order chi connectivity index (χ1) is 10.2. The van der Waals surface area contributed by atoms with E-state index < -0.39 is 0 Å². The standard InChI is InChI=1S/C17H26N2OS/c1-18(2)13-6-5-10-19(11-9-13)17(20)15-12-21-16-8-4-3-7-14(15)16/h12-13H,3-11H2,1-2H3/t13-/m1/s1. The molecule has 1 aliphatic heterocycles. The zero-order valence-electron chi connectivity index (χ0n) is 13.2. The van der Waals surface area contributed by atoms with Gasteiger partial charge in [-0.25, -0.2) is 0 Å². The molecule has 3 rings (SSSR count). The Morgan fingerprint density at radius 3 is 2.81 bits per heavy atom. The summed E-state index contributed by atoms with van der Waals surface area (Å²) in [6, 6.07) is 0.624. The first kappa shape index (κ1) is 15.0. The van der Waals surface area contributed by atoms with Crippen molar-refractivity contribution in [3.8, 4) is 0 Å². The van der Waals surface area contributed by atoms with E-state index in [1.54, 1.807) is 11.3 Å². The zero-order valence-corrected chi connectivity index (χ0v) is 14.0. The summed E-state index contributed by atoms with van der Waals surface area (Å²) in [6.45, 7) is 1.83. The fourth-order valence-corrected chi connectivity index (χ4v) is 4.76. The fourth-order valence-electron chi connectivity index (χ4n) is 3.64. The number of hydrogen-bond acceptors (Lipinski definition) is 3. The Bertz CT molecular complexity index is 509. The third-order valence-electron chi connectivity index (χ3n) is 5.01. The number of carbonyl (C=O) groups is 1. The maximum absolute atomic E-state index is 12.9. The molecule has 2 heterocycles. The van der Waals surface area contributed by atoms with Gasteiger partial charge >= 0.3 is 0 Å². The average molecular weight is 306 g/mol. The van der Waals surface area contributed by atoms with E-state index in [-0.39, 0.29) is 5.91 Å². The molecule has 4 heteroatoms. The molecule has 21 heavy (non-hydrogen) atoms. The number of rotatable bonds is 2. The van der Waals surface area contributed by atoms with E-state index in [0.29, 0.717) is 6.04 Å². The number of aryl methyl sites for hydroxylation is 1. The average Bonchev–Trinajstić information content (AvgIpc) is 2.75. The molecule has 1 aromatic heterocycles. The number of carbonyl (C=O) groups excluding carboxylic acids is 1. The van der Waals surface area contributed by atoms with Gasteiger partial charge < -0.3 is 9.80 Å². The molecule has 1 fully saturated rings. The van der Waals surface area contributed by atoms with Crippen LogP contribution < -0.4 is 0 Å².